The van der Waals surface area contributed by atoms with Crippen LogP contribution in [0.5, 0.6) is 0 Å². The lowest BCUT2D eigenvalue weighted by atomic mass is 9.79. The van der Waals surface area contributed by atoms with Crippen LogP contribution in [0.4, 0.5) is 5.69 Å². The number of hydrogen-bond acceptors (Lipinski definition) is 3. The zero-order valence-electron chi connectivity index (χ0n) is 21.9. The van der Waals surface area contributed by atoms with Crippen molar-refractivity contribution in [2.45, 2.75) is 46.1 Å². The molecule has 36 heavy (non-hydrogen) atoms. The second-order valence-corrected chi connectivity index (χ2v) is 9.69. The molecule has 3 aromatic carbocycles. The first-order chi connectivity index (χ1) is 17.4. The number of para-hydroxylation sites is 1. The van der Waals surface area contributed by atoms with Crippen LogP contribution in [0.25, 0.3) is 6.08 Å². The van der Waals surface area contributed by atoms with Gasteiger partial charge in [-0.25, -0.2) is 5.01 Å². The van der Waals surface area contributed by atoms with Crippen molar-refractivity contribution in [3.05, 3.63) is 108 Å². The number of nitrogens with zero attached hydrogens (tertiary/aromatic N) is 3. The summed E-state index contributed by atoms with van der Waals surface area (Å²) < 4.78 is 0. The van der Waals surface area contributed by atoms with Crippen molar-refractivity contribution in [1.82, 2.24) is 5.01 Å². The fraction of sp³-hybridized carbons (Fsp3) is 0.312. The maximum Gasteiger partial charge on any atom is 0.239 e. The average Bonchev–Trinajstić information content (AvgIpc) is 3.36. The minimum absolute atomic E-state index is 0.0147. The van der Waals surface area contributed by atoms with Gasteiger partial charge < -0.3 is 4.90 Å². The number of carbonyl (C=O) groups excluding carboxylic acids is 1. The Labute approximate surface area is 216 Å². The van der Waals surface area contributed by atoms with Gasteiger partial charge in [-0.2, -0.15) is 5.10 Å². The zero-order valence-corrected chi connectivity index (χ0v) is 21.9. The maximum absolute atomic E-state index is 12.9. The topological polar surface area (TPSA) is 35.9 Å². The SMILES string of the molecule is C=Cc1cc(C2=NN(C(C)=O)C(C(CN(CC)c3ccccc3)C(C)c3ccccc3)C2)ccc1C. The molecule has 0 spiro atoms. The van der Waals surface area contributed by atoms with E-state index in [0.717, 1.165) is 36.3 Å². The number of amides is 1. The Morgan fingerprint density at radius 1 is 1.11 bits per heavy atom. The molecule has 3 aromatic rings. The largest absolute Gasteiger partial charge is 0.371 e. The Bertz CT molecular complexity index is 1220. The second-order valence-electron chi connectivity index (χ2n) is 9.69. The van der Waals surface area contributed by atoms with Gasteiger partial charge in [0.2, 0.25) is 5.91 Å². The molecule has 1 heterocycles. The molecule has 0 saturated heterocycles. The zero-order chi connectivity index (χ0) is 25.7. The Balaban J connectivity index is 1.71. The van der Waals surface area contributed by atoms with Gasteiger partial charge in [0.05, 0.1) is 11.8 Å². The van der Waals surface area contributed by atoms with Gasteiger partial charge in [0, 0.05) is 38.0 Å². The van der Waals surface area contributed by atoms with E-state index in [1.807, 2.05) is 6.08 Å². The summed E-state index contributed by atoms with van der Waals surface area (Å²) in [6.07, 6.45) is 2.61. The van der Waals surface area contributed by atoms with Crippen molar-refractivity contribution in [2.24, 2.45) is 11.0 Å². The minimum Gasteiger partial charge on any atom is -0.371 e. The molecule has 4 nitrogen and oxygen atoms in total. The fourth-order valence-corrected chi connectivity index (χ4v) is 5.31. The molecule has 0 aliphatic carbocycles. The van der Waals surface area contributed by atoms with Gasteiger partial charge in [0.1, 0.15) is 0 Å². The van der Waals surface area contributed by atoms with Crippen LogP contribution in [-0.2, 0) is 4.79 Å². The smallest absolute Gasteiger partial charge is 0.239 e. The standard InChI is InChI=1S/C32H37N3O/c1-6-26-20-28(19-18-23(26)3)31-21-32(35(33-31)25(5)36)30(24(4)27-14-10-8-11-15-27)22-34(7-2)29-16-12-9-13-17-29/h6,8-20,24,30,32H,1,7,21-22H2,2-5H3. The number of aryl methyl sites for hydroxylation is 1. The highest BCUT2D eigenvalue weighted by Gasteiger charge is 2.39. The number of carbonyl (C=O) groups is 1. The Kier molecular flexibility index (Phi) is 8.04. The molecule has 4 heteroatoms. The van der Waals surface area contributed by atoms with E-state index in [1.54, 1.807) is 11.9 Å². The summed E-state index contributed by atoms with van der Waals surface area (Å²) in [4.78, 5) is 15.3. The lowest BCUT2D eigenvalue weighted by molar-refractivity contribution is -0.131. The number of hydrazone groups is 1. The van der Waals surface area contributed by atoms with E-state index in [2.05, 4.69) is 111 Å². The fourth-order valence-electron chi connectivity index (χ4n) is 5.31. The molecule has 3 unspecified atom stereocenters. The number of hydrogen-bond donors (Lipinski definition) is 0. The Hall–Kier alpha value is -3.66. The highest BCUT2D eigenvalue weighted by Crippen LogP contribution is 2.36. The number of benzene rings is 3. The lowest BCUT2D eigenvalue weighted by Crippen LogP contribution is -2.45. The summed E-state index contributed by atoms with van der Waals surface area (Å²) in [5.74, 6) is 0.410. The van der Waals surface area contributed by atoms with Crippen LogP contribution < -0.4 is 4.90 Å². The highest BCUT2D eigenvalue weighted by atomic mass is 16.2. The van der Waals surface area contributed by atoms with Crippen LogP contribution >= 0.6 is 0 Å². The molecule has 1 aliphatic rings. The second kappa shape index (κ2) is 11.4. The van der Waals surface area contributed by atoms with E-state index in [4.69, 9.17) is 5.10 Å². The molecule has 0 saturated carbocycles. The van der Waals surface area contributed by atoms with Crippen molar-refractivity contribution >= 4 is 23.4 Å². The van der Waals surface area contributed by atoms with E-state index in [-0.39, 0.29) is 23.8 Å². The quantitative estimate of drug-likeness (QED) is 0.334. The third kappa shape index (κ3) is 5.43. The van der Waals surface area contributed by atoms with Gasteiger partial charge in [-0.05, 0) is 60.2 Å². The van der Waals surface area contributed by atoms with Crippen molar-refractivity contribution in [1.29, 1.82) is 0 Å². The van der Waals surface area contributed by atoms with Crippen LogP contribution in [0.15, 0.2) is 90.5 Å². The summed E-state index contributed by atoms with van der Waals surface area (Å²) in [6.45, 7) is 13.9. The molecule has 1 amide bonds. The monoisotopic (exact) mass is 479 g/mol. The molecular weight excluding hydrogens is 442 g/mol. The van der Waals surface area contributed by atoms with E-state index in [9.17, 15) is 4.79 Å². The Morgan fingerprint density at radius 2 is 1.78 bits per heavy atom. The molecule has 0 N–H and O–H groups in total. The summed E-state index contributed by atoms with van der Waals surface area (Å²) in [6, 6.07) is 27.5. The summed E-state index contributed by atoms with van der Waals surface area (Å²) in [7, 11) is 0. The van der Waals surface area contributed by atoms with Gasteiger partial charge in [0.15, 0.2) is 0 Å². The predicted molar refractivity (Wildman–Crippen MR) is 151 cm³/mol. The van der Waals surface area contributed by atoms with Crippen molar-refractivity contribution < 1.29 is 4.79 Å². The molecule has 0 radical (unpaired) electrons. The molecule has 0 bridgehead atoms. The third-order valence-corrected chi connectivity index (χ3v) is 7.50. The third-order valence-electron chi connectivity index (χ3n) is 7.50. The van der Waals surface area contributed by atoms with E-state index in [0.29, 0.717) is 0 Å². The molecule has 4 rings (SSSR count). The first-order valence-corrected chi connectivity index (χ1v) is 12.9. The minimum atomic E-state index is -0.0287. The van der Waals surface area contributed by atoms with Crippen molar-refractivity contribution in [2.75, 3.05) is 18.0 Å². The van der Waals surface area contributed by atoms with Gasteiger partial charge in [-0.3, -0.25) is 4.79 Å². The van der Waals surface area contributed by atoms with Crippen LogP contribution in [0.2, 0.25) is 0 Å². The molecule has 0 aromatic heterocycles. The van der Waals surface area contributed by atoms with Gasteiger partial charge in [-0.1, -0.05) is 80.2 Å². The summed E-state index contributed by atoms with van der Waals surface area (Å²) in [5.41, 5.74) is 6.80. The van der Waals surface area contributed by atoms with Crippen LogP contribution in [-0.4, -0.2) is 35.8 Å². The van der Waals surface area contributed by atoms with Crippen LogP contribution in [0.3, 0.4) is 0 Å². The summed E-state index contributed by atoms with van der Waals surface area (Å²) >= 11 is 0. The molecule has 0 fully saturated rings. The number of anilines is 1. The van der Waals surface area contributed by atoms with Crippen LogP contribution in [0, 0.1) is 12.8 Å². The van der Waals surface area contributed by atoms with Crippen molar-refractivity contribution in [3.63, 3.8) is 0 Å². The lowest BCUT2D eigenvalue weighted by Gasteiger charge is -2.37. The molecule has 3 atom stereocenters. The first kappa shape index (κ1) is 25.4. The average molecular weight is 480 g/mol. The molecule has 186 valence electrons. The van der Waals surface area contributed by atoms with Gasteiger partial charge in [-0.15, -0.1) is 0 Å². The van der Waals surface area contributed by atoms with Gasteiger partial charge in [0.25, 0.3) is 0 Å². The highest BCUT2D eigenvalue weighted by molar-refractivity contribution is 6.03. The van der Waals surface area contributed by atoms with Gasteiger partial charge >= 0.3 is 0 Å². The van der Waals surface area contributed by atoms with E-state index in [1.165, 1.54) is 16.8 Å². The van der Waals surface area contributed by atoms with E-state index < -0.39 is 0 Å². The molecule has 1 aliphatic heterocycles. The molecular formula is C32H37N3O. The maximum atomic E-state index is 12.9. The predicted octanol–water partition coefficient (Wildman–Crippen LogP) is 6.91. The normalized spacial score (nSPS) is 16.8. The summed E-state index contributed by atoms with van der Waals surface area (Å²) in [5, 5.41) is 6.64. The van der Waals surface area contributed by atoms with Crippen molar-refractivity contribution in [3.8, 4) is 0 Å². The van der Waals surface area contributed by atoms with E-state index >= 15 is 0 Å². The Morgan fingerprint density at radius 3 is 2.39 bits per heavy atom. The van der Waals surface area contributed by atoms with Crippen LogP contribution in [0.1, 0.15) is 55.4 Å². The number of rotatable bonds is 9. The first-order valence-electron chi connectivity index (χ1n) is 12.9.